The molecule has 278 valence electrons. The summed E-state index contributed by atoms with van der Waals surface area (Å²) in [7, 11) is 0. The molecule has 0 spiro atoms. The third-order valence-corrected chi connectivity index (χ3v) is 10.2. The fraction of sp³-hybridized carbons (Fsp3) is 0.390. The Morgan fingerprint density at radius 1 is 0.981 bits per heavy atom. The predicted molar refractivity (Wildman–Crippen MR) is 203 cm³/mol. The summed E-state index contributed by atoms with van der Waals surface area (Å²) < 4.78 is 0. The Labute approximate surface area is 310 Å². The van der Waals surface area contributed by atoms with E-state index >= 15 is 0 Å². The maximum absolute atomic E-state index is 13.1. The van der Waals surface area contributed by atoms with E-state index < -0.39 is 17.9 Å². The number of carbonyl (C=O) groups excluding carboxylic acids is 5. The van der Waals surface area contributed by atoms with E-state index in [9.17, 15) is 29.1 Å². The van der Waals surface area contributed by atoms with Crippen LogP contribution in [0.4, 0.5) is 11.4 Å². The van der Waals surface area contributed by atoms with E-state index in [0.29, 0.717) is 85.7 Å². The number of rotatable bonds is 15. The molecule has 3 heterocycles. The zero-order valence-corrected chi connectivity index (χ0v) is 30.0. The average Bonchev–Trinajstić information content (AvgIpc) is 3.72. The molecule has 1 aliphatic carbocycles. The number of unbranched alkanes of at least 4 members (excludes halogenated alkanes) is 1. The number of nitrogens with one attached hydrogen (secondary N) is 4. The molecule has 12 heteroatoms. The van der Waals surface area contributed by atoms with Gasteiger partial charge in [-0.25, -0.2) is 0 Å². The molecule has 53 heavy (non-hydrogen) atoms. The summed E-state index contributed by atoms with van der Waals surface area (Å²) in [4.78, 5) is 66.5. The third kappa shape index (κ3) is 9.05. The van der Waals surface area contributed by atoms with E-state index in [2.05, 4.69) is 57.0 Å². The summed E-state index contributed by atoms with van der Waals surface area (Å²) in [6, 6.07) is 12.9. The zero-order chi connectivity index (χ0) is 37.3. The minimum Gasteiger partial charge on any atom is -0.507 e. The Bertz CT molecular complexity index is 1850. The second kappa shape index (κ2) is 17.2. The molecule has 2 fully saturated rings. The van der Waals surface area contributed by atoms with Crippen LogP contribution in [-0.4, -0.2) is 77.7 Å². The van der Waals surface area contributed by atoms with E-state index in [-0.39, 0.29) is 23.4 Å². The molecule has 2 atom stereocenters. The summed E-state index contributed by atoms with van der Waals surface area (Å²) in [5.74, 6) is -1.34. The van der Waals surface area contributed by atoms with Gasteiger partial charge in [0.2, 0.25) is 11.8 Å². The van der Waals surface area contributed by atoms with Crippen molar-refractivity contribution in [3.8, 4) is 0 Å². The number of anilines is 2. The molecule has 4 amide bonds. The Morgan fingerprint density at radius 2 is 1.77 bits per heavy atom. The lowest BCUT2D eigenvalue weighted by atomic mass is 9.99. The minimum absolute atomic E-state index is 0.00801. The van der Waals surface area contributed by atoms with Crippen LogP contribution in [-0.2, 0) is 20.8 Å². The number of imide groups is 1. The van der Waals surface area contributed by atoms with Gasteiger partial charge < -0.3 is 31.3 Å². The number of piperidine rings is 1. The maximum Gasteiger partial charge on any atom is 0.262 e. The highest BCUT2D eigenvalue weighted by Gasteiger charge is 2.44. The first kappa shape index (κ1) is 37.1. The van der Waals surface area contributed by atoms with Gasteiger partial charge in [-0.15, -0.1) is 0 Å². The van der Waals surface area contributed by atoms with Gasteiger partial charge in [0, 0.05) is 68.3 Å². The number of Topliss-reactive ketones (excluding diaryl/α,β-unsaturated/α-hetero) is 1. The first-order valence-corrected chi connectivity index (χ1v) is 18.6. The molecule has 2 aromatic rings. The molecule has 6 rings (SSSR count). The standard InChI is InChI=1S/C41H48N6O6/c1-27-10-18-35(39(51)45-27)47-40(52)32-17-14-29(25-34(32)41(47)53)43-21-4-5-22-44-38(50)19-13-28-11-15-30(16-12-28)46-24-6-7-31(46)26-42-23-20-37(49)33-8-2-3-9-36(33)48/h2,8,11-12,14-17,20,23,25,31,35,42-43,49H,1,3-7,9-10,13,18-19,21-22,24,26H2,(H,44,50)(H,45,51)/b23-20+,37-33-/t31-,35?/m0/s1. The molecular weight excluding hydrogens is 672 g/mol. The number of aliphatic hydroxyl groups is 1. The number of hydrogen-bond acceptors (Lipinski definition) is 9. The van der Waals surface area contributed by atoms with Crippen molar-refractivity contribution in [3.05, 3.63) is 107 Å². The highest BCUT2D eigenvalue weighted by molar-refractivity contribution is 6.23. The van der Waals surface area contributed by atoms with E-state index in [4.69, 9.17) is 0 Å². The van der Waals surface area contributed by atoms with Crippen molar-refractivity contribution in [2.75, 3.05) is 36.4 Å². The van der Waals surface area contributed by atoms with Crippen LogP contribution < -0.4 is 26.2 Å². The first-order chi connectivity index (χ1) is 25.7. The normalized spacial score (nSPS) is 20.9. The van der Waals surface area contributed by atoms with E-state index in [1.165, 1.54) is 0 Å². The number of allylic oxidation sites excluding steroid dienone is 5. The smallest absolute Gasteiger partial charge is 0.262 e. The molecule has 0 radical (unpaired) electrons. The average molecular weight is 721 g/mol. The Hall–Kier alpha value is -5.65. The van der Waals surface area contributed by atoms with Crippen molar-refractivity contribution >= 4 is 40.8 Å². The van der Waals surface area contributed by atoms with E-state index in [0.717, 1.165) is 54.9 Å². The molecule has 0 aromatic heterocycles. The van der Waals surface area contributed by atoms with Crippen molar-refractivity contribution in [2.24, 2.45) is 0 Å². The SMILES string of the molecule is C=C1CCC(N2C(=O)c3ccc(NCCCCNC(=O)CCc4ccc(N5CCC[C@H]5CN/C=C/C(O)=C5\C=CCCC5=O)cc4)cc3C2=O)C(=O)N1. The van der Waals surface area contributed by atoms with E-state index in [1.54, 1.807) is 36.6 Å². The van der Waals surface area contributed by atoms with Gasteiger partial charge in [0.25, 0.3) is 11.8 Å². The number of benzene rings is 2. The largest absolute Gasteiger partial charge is 0.507 e. The lowest BCUT2D eigenvalue weighted by molar-refractivity contribution is -0.125. The fourth-order valence-corrected chi connectivity index (χ4v) is 7.26. The Kier molecular flexibility index (Phi) is 12.1. The molecule has 0 saturated carbocycles. The Morgan fingerprint density at radius 3 is 2.57 bits per heavy atom. The van der Waals surface area contributed by atoms with Crippen LogP contribution in [0.2, 0.25) is 0 Å². The van der Waals surface area contributed by atoms with Gasteiger partial charge in [-0.1, -0.05) is 30.9 Å². The quantitative estimate of drug-likeness (QED) is 0.0753. The lowest BCUT2D eigenvalue weighted by Gasteiger charge is -2.29. The van der Waals surface area contributed by atoms with Gasteiger partial charge in [-0.3, -0.25) is 28.9 Å². The molecule has 4 aliphatic rings. The number of amides is 4. The number of ketones is 1. The topological polar surface area (TPSA) is 160 Å². The number of nitrogens with zero attached hydrogens (tertiary/aromatic N) is 2. The Balaban J connectivity index is 0.865. The number of aliphatic hydroxyl groups excluding tert-OH is 1. The van der Waals surface area contributed by atoms with Crippen molar-refractivity contribution in [1.29, 1.82) is 0 Å². The molecule has 2 saturated heterocycles. The monoisotopic (exact) mass is 720 g/mol. The molecule has 0 bridgehead atoms. The third-order valence-electron chi connectivity index (χ3n) is 10.2. The molecule has 3 aliphatic heterocycles. The number of fused-ring (bicyclic) bond motifs is 1. The van der Waals surface area contributed by atoms with Gasteiger partial charge in [-0.2, -0.15) is 0 Å². The number of hydrogen-bond donors (Lipinski definition) is 5. The predicted octanol–water partition coefficient (Wildman–Crippen LogP) is 4.82. The fourth-order valence-electron chi connectivity index (χ4n) is 7.26. The molecule has 1 unspecified atom stereocenters. The summed E-state index contributed by atoms with van der Waals surface area (Å²) in [6.07, 6.45) is 13.7. The summed E-state index contributed by atoms with van der Waals surface area (Å²) >= 11 is 0. The van der Waals surface area contributed by atoms with E-state index in [1.807, 2.05) is 6.08 Å². The first-order valence-electron chi connectivity index (χ1n) is 18.6. The minimum atomic E-state index is -0.836. The van der Waals surface area contributed by atoms with Gasteiger partial charge in [0.15, 0.2) is 5.78 Å². The van der Waals surface area contributed by atoms with Crippen molar-refractivity contribution in [1.82, 2.24) is 20.9 Å². The summed E-state index contributed by atoms with van der Waals surface area (Å²) in [6.45, 7) is 6.64. The zero-order valence-electron chi connectivity index (χ0n) is 30.0. The highest BCUT2D eigenvalue weighted by atomic mass is 16.3. The van der Waals surface area contributed by atoms with Gasteiger partial charge >= 0.3 is 0 Å². The molecule has 5 N–H and O–H groups in total. The number of aryl methyl sites for hydroxylation is 1. The molecular formula is C41H48N6O6. The molecule has 2 aromatic carbocycles. The van der Waals surface area contributed by atoms with Gasteiger partial charge in [-0.05, 0) is 93.3 Å². The van der Waals surface area contributed by atoms with Crippen LogP contribution in [0.15, 0.2) is 90.5 Å². The number of carbonyl (C=O) groups is 5. The van der Waals surface area contributed by atoms with Crippen LogP contribution in [0.3, 0.4) is 0 Å². The van der Waals surface area contributed by atoms with Crippen molar-refractivity contribution in [3.63, 3.8) is 0 Å². The van der Waals surface area contributed by atoms with Crippen molar-refractivity contribution < 1.29 is 29.1 Å². The molecule has 12 nitrogen and oxygen atoms in total. The summed E-state index contributed by atoms with van der Waals surface area (Å²) in [5, 5.41) is 22.5. The van der Waals surface area contributed by atoms with Crippen molar-refractivity contribution in [2.45, 2.75) is 76.3 Å². The van der Waals surface area contributed by atoms with Gasteiger partial charge in [0.05, 0.1) is 16.7 Å². The van der Waals surface area contributed by atoms with Crippen LogP contribution in [0.5, 0.6) is 0 Å². The highest BCUT2D eigenvalue weighted by Crippen LogP contribution is 2.30. The van der Waals surface area contributed by atoms with Crippen LogP contribution in [0.1, 0.15) is 84.1 Å². The second-order valence-corrected chi connectivity index (χ2v) is 13.9. The van der Waals surface area contributed by atoms with Gasteiger partial charge in [0.1, 0.15) is 11.8 Å². The lowest BCUT2D eigenvalue weighted by Crippen LogP contribution is -2.51. The van der Waals surface area contributed by atoms with Crippen LogP contribution >= 0.6 is 0 Å². The van der Waals surface area contributed by atoms with Crippen LogP contribution in [0, 0.1) is 0 Å². The second-order valence-electron chi connectivity index (χ2n) is 13.9. The summed E-state index contributed by atoms with van der Waals surface area (Å²) in [5.41, 5.74) is 4.51. The van der Waals surface area contributed by atoms with Crippen LogP contribution in [0.25, 0.3) is 0 Å². The maximum atomic E-state index is 13.1.